The largest absolute Gasteiger partial charge is 0.250 e. The summed E-state index contributed by atoms with van der Waals surface area (Å²) in [6, 6.07) is 11.5. The molecule has 0 spiro atoms. The number of allylic oxidation sites excluding steroid dienone is 2. The van der Waals surface area contributed by atoms with Crippen LogP contribution in [-0.4, -0.2) is 12.3 Å². The number of hydrogen-bond donors (Lipinski definition) is 0. The quantitative estimate of drug-likeness (QED) is 0.498. The van der Waals surface area contributed by atoms with Gasteiger partial charge in [0.05, 0.1) is 18.9 Å². The molecule has 1 aromatic carbocycles. The molecular formula is C17H26OSSi. The van der Waals surface area contributed by atoms with E-state index in [-0.39, 0.29) is 0 Å². The Balaban J connectivity index is 3.13. The summed E-state index contributed by atoms with van der Waals surface area (Å²) in [5, 5.41) is 3.20. The van der Waals surface area contributed by atoms with Gasteiger partial charge in [0.15, 0.2) is 0 Å². The number of aryl methyl sites for hydroxylation is 1. The Hall–Kier alpha value is -0.933. The summed E-state index contributed by atoms with van der Waals surface area (Å²) < 4.78 is 12.5. The molecule has 0 aliphatic heterocycles. The molecule has 0 aliphatic carbocycles. The molecule has 0 bridgehead atoms. The van der Waals surface area contributed by atoms with Gasteiger partial charge in [0.1, 0.15) is 0 Å². The van der Waals surface area contributed by atoms with Crippen LogP contribution in [0.15, 0.2) is 52.4 Å². The van der Waals surface area contributed by atoms with Crippen LogP contribution in [0.1, 0.15) is 26.3 Å². The molecular weight excluding hydrogens is 280 g/mol. The monoisotopic (exact) mass is 306 g/mol. The van der Waals surface area contributed by atoms with Gasteiger partial charge in [-0.1, -0.05) is 74.5 Å². The van der Waals surface area contributed by atoms with Gasteiger partial charge in [0.2, 0.25) is 0 Å². The zero-order valence-corrected chi connectivity index (χ0v) is 14.9. The predicted molar refractivity (Wildman–Crippen MR) is 93.1 cm³/mol. The van der Waals surface area contributed by atoms with E-state index in [2.05, 4.69) is 27.4 Å². The standard InChI is InChI=1S/C17H26OSSi/c1-6-17(20(7-2,8-3)9-4)14-19(18)16-12-10-15(5)11-13-16/h6,10-14H,1,7-9H2,2-5H3/b17-14-/t19-/m1/s1. The van der Waals surface area contributed by atoms with Crippen LogP contribution in [0, 0.1) is 6.92 Å². The van der Waals surface area contributed by atoms with Gasteiger partial charge in [-0.15, -0.1) is 0 Å². The first-order chi connectivity index (χ1) is 9.52. The van der Waals surface area contributed by atoms with Crippen molar-refractivity contribution in [1.82, 2.24) is 0 Å². The summed E-state index contributed by atoms with van der Waals surface area (Å²) in [6.45, 7) is 12.8. The van der Waals surface area contributed by atoms with Crippen LogP contribution in [0.2, 0.25) is 18.1 Å². The van der Waals surface area contributed by atoms with Gasteiger partial charge in [-0.2, -0.15) is 0 Å². The molecule has 20 heavy (non-hydrogen) atoms. The van der Waals surface area contributed by atoms with Crippen molar-refractivity contribution in [3.63, 3.8) is 0 Å². The molecule has 0 saturated carbocycles. The Morgan fingerprint density at radius 2 is 1.65 bits per heavy atom. The van der Waals surface area contributed by atoms with Crippen molar-refractivity contribution in [3.05, 3.63) is 53.1 Å². The highest BCUT2D eigenvalue weighted by Gasteiger charge is 2.30. The third kappa shape index (κ3) is 3.80. The van der Waals surface area contributed by atoms with Crippen molar-refractivity contribution in [1.29, 1.82) is 0 Å². The summed E-state index contributed by atoms with van der Waals surface area (Å²) in [6.07, 6.45) is 1.94. The molecule has 0 amide bonds. The van der Waals surface area contributed by atoms with Crippen molar-refractivity contribution in [2.45, 2.75) is 50.7 Å². The first kappa shape index (κ1) is 17.1. The van der Waals surface area contributed by atoms with Crippen molar-refractivity contribution < 1.29 is 4.21 Å². The molecule has 110 valence electrons. The maximum atomic E-state index is 12.5. The summed E-state index contributed by atoms with van der Waals surface area (Å²) in [5.74, 6) is 0. The van der Waals surface area contributed by atoms with Crippen LogP contribution < -0.4 is 0 Å². The Morgan fingerprint density at radius 3 is 2.05 bits per heavy atom. The second-order valence-corrected chi connectivity index (χ2v) is 11.8. The van der Waals surface area contributed by atoms with Gasteiger partial charge >= 0.3 is 0 Å². The number of hydrogen-bond acceptors (Lipinski definition) is 1. The van der Waals surface area contributed by atoms with Gasteiger partial charge in [-0.25, -0.2) is 4.21 Å². The average Bonchev–Trinajstić information content (AvgIpc) is 2.48. The minimum atomic E-state index is -1.50. The summed E-state index contributed by atoms with van der Waals surface area (Å²) in [5.41, 5.74) is 1.19. The molecule has 0 fully saturated rings. The lowest BCUT2D eigenvalue weighted by Gasteiger charge is -2.29. The van der Waals surface area contributed by atoms with E-state index in [1.165, 1.54) is 28.9 Å². The smallest absolute Gasteiger partial charge is 0.0866 e. The zero-order chi connectivity index (χ0) is 15.2. The molecule has 0 heterocycles. The van der Waals surface area contributed by atoms with E-state index in [1.807, 2.05) is 42.7 Å². The molecule has 3 heteroatoms. The number of benzene rings is 1. The predicted octanol–water partition coefficient (Wildman–Crippen LogP) is 5.22. The lowest BCUT2D eigenvalue weighted by molar-refractivity contribution is 0.688. The van der Waals surface area contributed by atoms with E-state index in [0.717, 1.165) is 4.90 Å². The first-order valence-corrected chi connectivity index (χ1v) is 11.2. The van der Waals surface area contributed by atoms with Gasteiger partial charge in [-0.05, 0) is 19.1 Å². The van der Waals surface area contributed by atoms with Crippen LogP contribution in [0.4, 0.5) is 0 Å². The molecule has 0 aliphatic rings. The fourth-order valence-electron chi connectivity index (χ4n) is 2.61. The van der Waals surface area contributed by atoms with Crippen molar-refractivity contribution in [2.75, 3.05) is 0 Å². The molecule has 0 saturated heterocycles. The highest BCUT2D eigenvalue weighted by molar-refractivity contribution is 7.88. The van der Waals surface area contributed by atoms with Crippen LogP contribution in [-0.2, 0) is 10.8 Å². The van der Waals surface area contributed by atoms with E-state index in [1.54, 1.807) is 0 Å². The topological polar surface area (TPSA) is 17.1 Å². The van der Waals surface area contributed by atoms with Crippen molar-refractivity contribution in [3.8, 4) is 0 Å². The van der Waals surface area contributed by atoms with Crippen LogP contribution in [0.5, 0.6) is 0 Å². The molecule has 0 radical (unpaired) electrons. The maximum Gasteiger partial charge on any atom is 0.0866 e. The van der Waals surface area contributed by atoms with E-state index in [9.17, 15) is 4.21 Å². The normalized spacial score (nSPS) is 14.1. The molecule has 0 unspecified atom stereocenters. The van der Waals surface area contributed by atoms with E-state index < -0.39 is 18.9 Å². The van der Waals surface area contributed by atoms with Crippen LogP contribution >= 0.6 is 0 Å². The molecule has 1 rings (SSSR count). The highest BCUT2D eigenvalue weighted by atomic mass is 32.2. The van der Waals surface area contributed by atoms with Gasteiger partial charge in [-0.3, -0.25) is 0 Å². The van der Waals surface area contributed by atoms with E-state index >= 15 is 0 Å². The van der Waals surface area contributed by atoms with Crippen LogP contribution in [0.3, 0.4) is 0 Å². The van der Waals surface area contributed by atoms with Gasteiger partial charge < -0.3 is 0 Å². The minimum absolute atomic E-state index is 0.876. The Morgan fingerprint density at radius 1 is 1.15 bits per heavy atom. The molecule has 0 N–H and O–H groups in total. The van der Waals surface area contributed by atoms with E-state index in [4.69, 9.17) is 0 Å². The number of rotatable bonds is 7. The summed E-state index contributed by atoms with van der Waals surface area (Å²) >= 11 is 0. The minimum Gasteiger partial charge on any atom is -0.250 e. The fourth-order valence-corrected chi connectivity index (χ4v) is 7.95. The molecule has 1 aromatic rings. The second-order valence-electron chi connectivity index (χ2n) is 5.23. The fraction of sp³-hybridized carbons (Fsp3) is 0.412. The molecule has 0 aromatic heterocycles. The molecule has 1 nitrogen and oxygen atoms in total. The third-order valence-corrected chi connectivity index (χ3v) is 11.4. The summed E-state index contributed by atoms with van der Waals surface area (Å²) in [4.78, 5) is 0.876. The highest BCUT2D eigenvalue weighted by Crippen LogP contribution is 2.30. The maximum absolute atomic E-state index is 12.5. The zero-order valence-electron chi connectivity index (χ0n) is 13.1. The Kier molecular flexibility index (Phi) is 6.63. The second kappa shape index (κ2) is 7.74. The lowest BCUT2D eigenvalue weighted by atomic mass is 10.2. The van der Waals surface area contributed by atoms with Crippen LogP contribution in [0.25, 0.3) is 0 Å². The average molecular weight is 307 g/mol. The molecule has 1 atom stereocenters. The van der Waals surface area contributed by atoms with E-state index in [0.29, 0.717) is 0 Å². The Bertz CT molecular complexity index is 490. The third-order valence-electron chi connectivity index (χ3n) is 4.35. The summed E-state index contributed by atoms with van der Waals surface area (Å²) in [7, 11) is -2.57. The first-order valence-electron chi connectivity index (χ1n) is 7.35. The lowest BCUT2D eigenvalue weighted by Crippen LogP contribution is -2.34. The van der Waals surface area contributed by atoms with Gasteiger partial charge in [0, 0.05) is 10.3 Å². The van der Waals surface area contributed by atoms with Crippen molar-refractivity contribution in [2.24, 2.45) is 0 Å². The SMILES string of the molecule is C=C/C(=C/[S@@](=O)c1ccc(C)cc1)[Si](CC)(CC)CC. The van der Waals surface area contributed by atoms with Gasteiger partial charge in [0.25, 0.3) is 0 Å². The Labute approximate surface area is 127 Å². The van der Waals surface area contributed by atoms with Crippen molar-refractivity contribution >= 4 is 18.9 Å².